The first-order valence-corrected chi connectivity index (χ1v) is 8.01. The number of hydrogen-bond acceptors (Lipinski definition) is 2. The van der Waals surface area contributed by atoms with Crippen LogP contribution in [0, 0.1) is 0 Å². The molecule has 2 rings (SSSR count). The zero-order valence-electron chi connectivity index (χ0n) is 8.14. The minimum Gasteiger partial charge on any atom is -0.288 e. The highest BCUT2D eigenvalue weighted by molar-refractivity contribution is 9.13. The molecule has 0 spiro atoms. The maximum absolute atomic E-state index is 12.2. The molecule has 0 unspecified atom stereocenters. The number of ketones is 1. The highest BCUT2D eigenvalue weighted by Gasteiger charge is 2.15. The fourth-order valence-electron chi connectivity index (χ4n) is 1.24. The Labute approximate surface area is 133 Å². The summed E-state index contributed by atoms with van der Waals surface area (Å²) in [5.41, 5.74) is 0.583. The van der Waals surface area contributed by atoms with Gasteiger partial charge >= 0.3 is 0 Å². The first kappa shape index (κ1) is 13.7. The van der Waals surface area contributed by atoms with E-state index in [0.717, 1.165) is 12.7 Å². The molecule has 0 saturated carbocycles. The number of benzene rings is 1. The molecule has 88 valence electrons. The van der Waals surface area contributed by atoms with Gasteiger partial charge in [-0.15, -0.1) is 11.3 Å². The minimum absolute atomic E-state index is 0.0317. The Kier molecular flexibility index (Phi) is 4.47. The first-order valence-electron chi connectivity index (χ1n) is 4.43. The number of hydrogen-bond donors (Lipinski definition) is 0. The van der Waals surface area contributed by atoms with Crippen LogP contribution in [0.25, 0.3) is 0 Å². The van der Waals surface area contributed by atoms with Crippen molar-refractivity contribution in [3.8, 4) is 0 Å². The van der Waals surface area contributed by atoms with E-state index in [9.17, 15) is 4.79 Å². The van der Waals surface area contributed by atoms with Gasteiger partial charge in [-0.1, -0.05) is 11.6 Å². The van der Waals surface area contributed by atoms with E-state index in [1.165, 1.54) is 11.3 Å². The van der Waals surface area contributed by atoms with E-state index in [0.29, 0.717) is 15.5 Å². The van der Waals surface area contributed by atoms with Gasteiger partial charge in [0.05, 0.1) is 13.7 Å². The van der Waals surface area contributed by atoms with Crippen molar-refractivity contribution < 1.29 is 4.79 Å². The molecule has 6 heteroatoms. The number of rotatable bonds is 2. The molecule has 0 fully saturated rings. The SMILES string of the molecule is O=C(c1ccc(Br)c(Cl)c1)c1cc(Br)c(Br)s1. The second-order valence-electron chi connectivity index (χ2n) is 3.19. The van der Waals surface area contributed by atoms with E-state index < -0.39 is 0 Å². The summed E-state index contributed by atoms with van der Waals surface area (Å²) < 4.78 is 2.57. The van der Waals surface area contributed by atoms with Gasteiger partial charge in [-0.3, -0.25) is 4.79 Å². The summed E-state index contributed by atoms with van der Waals surface area (Å²) in [5.74, 6) is -0.0317. The molecule has 1 heterocycles. The Balaban J connectivity index is 2.40. The Morgan fingerprint density at radius 1 is 1.12 bits per heavy atom. The molecule has 1 aromatic carbocycles. The van der Waals surface area contributed by atoms with Gasteiger partial charge in [0, 0.05) is 14.5 Å². The van der Waals surface area contributed by atoms with Crippen LogP contribution in [0.15, 0.2) is 37.0 Å². The topological polar surface area (TPSA) is 17.1 Å². The van der Waals surface area contributed by atoms with Crippen LogP contribution >= 0.6 is 70.7 Å². The average Bonchev–Trinajstić information content (AvgIpc) is 2.62. The van der Waals surface area contributed by atoms with Gasteiger partial charge in [0.25, 0.3) is 0 Å². The molecule has 2 aromatic rings. The highest BCUT2D eigenvalue weighted by Crippen LogP contribution is 2.34. The quantitative estimate of drug-likeness (QED) is 0.510. The van der Waals surface area contributed by atoms with E-state index in [4.69, 9.17) is 11.6 Å². The number of halogens is 4. The van der Waals surface area contributed by atoms with Crippen molar-refractivity contribution in [2.24, 2.45) is 0 Å². The average molecular weight is 459 g/mol. The van der Waals surface area contributed by atoms with Crippen LogP contribution in [0.2, 0.25) is 5.02 Å². The van der Waals surface area contributed by atoms with Crippen LogP contribution in [-0.2, 0) is 0 Å². The van der Waals surface area contributed by atoms with E-state index in [1.54, 1.807) is 24.3 Å². The van der Waals surface area contributed by atoms with Gasteiger partial charge in [-0.2, -0.15) is 0 Å². The summed E-state index contributed by atoms with van der Waals surface area (Å²) >= 11 is 17.4. The third kappa shape index (κ3) is 3.01. The molecule has 0 N–H and O–H groups in total. The molecule has 0 saturated heterocycles. The third-order valence-corrected chi connectivity index (χ3v) is 6.54. The normalized spacial score (nSPS) is 10.6. The largest absolute Gasteiger partial charge is 0.288 e. The van der Waals surface area contributed by atoms with Crippen LogP contribution < -0.4 is 0 Å². The lowest BCUT2D eigenvalue weighted by Gasteiger charge is -2.00. The third-order valence-electron chi connectivity index (χ3n) is 2.05. The number of carbonyl (C=O) groups excluding carboxylic acids is 1. The number of carbonyl (C=O) groups is 1. The maximum Gasteiger partial charge on any atom is 0.203 e. The van der Waals surface area contributed by atoms with Crippen LogP contribution in [-0.4, -0.2) is 5.78 Å². The van der Waals surface area contributed by atoms with E-state index in [2.05, 4.69) is 47.8 Å². The minimum atomic E-state index is -0.0317. The van der Waals surface area contributed by atoms with Crippen LogP contribution in [0.4, 0.5) is 0 Å². The molecule has 1 aromatic heterocycles. The molecular formula is C11H4Br3ClOS. The smallest absolute Gasteiger partial charge is 0.203 e. The van der Waals surface area contributed by atoms with Gasteiger partial charge in [-0.25, -0.2) is 0 Å². The van der Waals surface area contributed by atoms with E-state index >= 15 is 0 Å². The van der Waals surface area contributed by atoms with Crippen LogP contribution in [0.1, 0.15) is 15.2 Å². The van der Waals surface area contributed by atoms with Crippen molar-refractivity contribution in [2.75, 3.05) is 0 Å². The molecule has 1 nitrogen and oxygen atoms in total. The second kappa shape index (κ2) is 5.53. The number of thiophene rings is 1. The maximum atomic E-state index is 12.2. The summed E-state index contributed by atoms with van der Waals surface area (Å²) in [6.45, 7) is 0. The van der Waals surface area contributed by atoms with Crippen LogP contribution in [0.3, 0.4) is 0 Å². The Morgan fingerprint density at radius 3 is 2.35 bits per heavy atom. The molecule has 0 atom stereocenters. The fraction of sp³-hybridized carbons (Fsp3) is 0. The Bertz CT molecular complexity index is 575. The van der Waals surface area contributed by atoms with Gasteiger partial charge in [0.2, 0.25) is 5.78 Å². The molecule has 0 amide bonds. The summed E-state index contributed by atoms with van der Waals surface area (Å²) in [5, 5.41) is 0.533. The lowest BCUT2D eigenvalue weighted by molar-refractivity contribution is 0.104. The summed E-state index contributed by atoms with van der Waals surface area (Å²) in [6, 6.07) is 6.98. The molecule has 17 heavy (non-hydrogen) atoms. The monoisotopic (exact) mass is 456 g/mol. The van der Waals surface area contributed by atoms with Crippen LogP contribution in [0.5, 0.6) is 0 Å². The molecule has 0 aliphatic rings. The van der Waals surface area contributed by atoms with E-state index in [1.807, 2.05) is 0 Å². The first-order chi connectivity index (χ1) is 7.99. The summed E-state index contributed by atoms with van der Waals surface area (Å²) in [6.07, 6.45) is 0. The predicted octanol–water partition coefficient (Wildman–Crippen LogP) is 5.92. The van der Waals surface area contributed by atoms with Crippen molar-refractivity contribution in [1.29, 1.82) is 0 Å². The molecule has 0 radical (unpaired) electrons. The Morgan fingerprint density at radius 2 is 1.82 bits per heavy atom. The molecule has 0 aliphatic heterocycles. The lowest BCUT2D eigenvalue weighted by atomic mass is 10.1. The summed E-state index contributed by atoms with van der Waals surface area (Å²) in [7, 11) is 0. The van der Waals surface area contributed by atoms with Crippen molar-refractivity contribution in [2.45, 2.75) is 0 Å². The summed E-state index contributed by atoms with van der Waals surface area (Å²) in [4.78, 5) is 12.8. The van der Waals surface area contributed by atoms with Gasteiger partial charge < -0.3 is 0 Å². The molecular weight excluding hydrogens is 455 g/mol. The Hall–Kier alpha value is 0.320. The predicted molar refractivity (Wildman–Crippen MR) is 82.3 cm³/mol. The van der Waals surface area contributed by atoms with Crippen molar-refractivity contribution in [3.63, 3.8) is 0 Å². The highest BCUT2D eigenvalue weighted by atomic mass is 79.9. The van der Waals surface area contributed by atoms with E-state index in [-0.39, 0.29) is 5.78 Å². The second-order valence-corrected chi connectivity index (χ2v) is 7.68. The lowest BCUT2D eigenvalue weighted by Crippen LogP contribution is -1.98. The van der Waals surface area contributed by atoms with Gasteiger partial charge in [0.15, 0.2) is 0 Å². The zero-order valence-corrected chi connectivity index (χ0v) is 14.5. The fourth-order valence-corrected chi connectivity index (χ4v) is 3.66. The van der Waals surface area contributed by atoms with Gasteiger partial charge in [-0.05, 0) is 72.1 Å². The van der Waals surface area contributed by atoms with Crippen molar-refractivity contribution in [3.05, 3.63) is 52.5 Å². The zero-order chi connectivity index (χ0) is 12.6. The molecule has 0 bridgehead atoms. The van der Waals surface area contributed by atoms with Gasteiger partial charge in [0.1, 0.15) is 0 Å². The standard InChI is InChI=1S/C11H4Br3ClOS/c12-6-2-1-5(3-8(6)15)10(16)9-4-7(13)11(14)17-9/h1-4H. The molecule has 0 aliphatic carbocycles. The van der Waals surface area contributed by atoms with Crippen molar-refractivity contribution >= 4 is 76.5 Å². The van der Waals surface area contributed by atoms with Crippen molar-refractivity contribution in [1.82, 2.24) is 0 Å².